The highest BCUT2D eigenvalue weighted by molar-refractivity contribution is 9.10. The number of hydrogen-bond acceptors (Lipinski definition) is 2. The van der Waals surface area contributed by atoms with E-state index in [9.17, 15) is 4.39 Å². The van der Waals surface area contributed by atoms with E-state index in [1.807, 2.05) is 6.07 Å². The minimum Gasteiger partial charge on any atom is -0.487 e. The van der Waals surface area contributed by atoms with Gasteiger partial charge in [0.05, 0.1) is 0 Å². The fourth-order valence-electron chi connectivity index (χ4n) is 2.60. The molecule has 0 saturated heterocycles. The van der Waals surface area contributed by atoms with Gasteiger partial charge in [-0.15, -0.1) is 0 Å². The fourth-order valence-corrected chi connectivity index (χ4v) is 3.05. The number of halogens is 2. The third-order valence-electron chi connectivity index (χ3n) is 4.03. The van der Waals surface area contributed by atoms with Crippen LogP contribution in [-0.4, -0.2) is 18.2 Å². The minimum absolute atomic E-state index is 0.0743. The second-order valence-electron chi connectivity index (χ2n) is 5.72. The molecule has 2 fully saturated rings. The second kappa shape index (κ2) is 5.41. The zero-order chi connectivity index (χ0) is 13.3. The van der Waals surface area contributed by atoms with Crippen molar-refractivity contribution in [1.29, 1.82) is 0 Å². The summed E-state index contributed by atoms with van der Waals surface area (Å²) in [5.74, 6) is 0.382. The third kappa shape index (κ3) is 3.48. The molecule has 0 bridgehead atoms. The van der Waals surface area contributed by atoms with Crippen molar-refractivity contribution in [3.8, 4) is 5.75 Å². The Hall–Kier alpha value is -0.610. The predicted octanol–water partition coefficient (Wildman–Crippen LogP) is 4.03. The summed E-state index contributed by atoms with van der Waals surface area (Å²) in [7, 11) is 0. The molecule has 3 rings (SSSR count). The lowest BCUT2D eigenvalue weighted by Crippen LogP contribution is -2.45. The maximum atomic E-state index is 13.4. The van der Waals surface area contributed by atoms with E-state index in [4.69, 9.17) is 4.74 Å². The Kier molecular flexibility index (Phi) is 3.81. The molecule has 4 heteroatoms. The summed E-state index contributed by atoms with van der Waals surface area (Å²) in [6.07, 6.45) is 6.99. The third-order valence-corrected chi connectivity index (χ3v) is 4.48. The highest BCUT2D eigenvalue weighted by atomic mass is 79.9. The Morgan fingerprint density at radius 1 is 1.32 bits per heavy atom. The lowest BCUT2D eigenvalue weighted by atomic mass is 9.77. The van der Waals surface area contributed by atoms with Crippen molar-refractivity contribution in [3.05, 3.63) is 28.5 Å². The lowest BCUT2D eigenvalue weighted by molar-refractivity contribution is -0.0145. The molecule has 0 aliphatic heterocycles. The zero-order valence-corrected chi connectivity index (χ0v) is 12.5. The predicted molar refractivity (Wildman–Crippen MR) is 77.0 cm³/mol. The average Bonchev–Trinajstić information content (AvgIpc) is 3.08. The molecule has 2 saturated carbocycles. The van der Waals surface area contributed by atoms with Crippen LogP contribution < -0.4 is 10.1 Å². The van der Waals surface area contributed by atoms with Crippen molar-refractivity contribution in [3.63, 3.8) is 0 Å². The number of ether oxygens (including phenoxy) is 1. The average molecular weight is 328 g/mol. The SMILES string of the molecule is Fc1cc(Br)cc(OC2(CCNC3CC3)CCC2)c1. The van der Waals surface area contributed by atoms with Crippen LogP contribution in [0.4, 0.5) is 4.39 Å². The van der Waals surface area contributed by atoms with Crippen LogP contribution in [0.15, 0.2) is 22.7 Å². The topological polar surface area (TPSA) is 21.3 Å². The molecular weight excluding hydrogens is 309 g/mol. The Labute approximate surface area is 121 Å². The van der Waals surface area contributed by atoms with E-state index in [1.54, 1.807) is 0 Å². The highest BCUT2D eigenvalue weighted by Gasteiger charge is 2.39. The first kappa shape index (κ1) is 13.4. The quantitative estimate of drug-likeness (QED) is 0.851. The molecule has 2 nitrogen and oxygen atoms in total. The summed E-state index contributed by atoms with van der Waals surface area (Å²) < 4.78 is 20.2. The van der Waals surface area contributed by atoms with Gasteiger partial charge in [0.2, 0.25) is 0 Å². The van der Waals surface area contributed by atoms with E-state index in [1.165, 1.54) is 31.4 Å². The van der Waals surface area contributed by atoms with Crippen LogP contribution in [0, 0.1) is 5.82 Å². The maximum Gasteiger partial charge on any atom is 0.128 e. The van der Waals surface area contributed by atoms with E-state index >= 15 is 0 Å². The van der Waals surface area contributed by atoms with Gasteiger partial charge in [-0.3, -0.25) is 0 Å². The van der Waals surface area contributed by atoms with Gasteiger partial charge in [-0.1, -0.05) is 15.9 Å². The van der Waals surface area contributed by atoms with E-state index in [-0.39, 0.29) is 11.4 Å². The number of rotatable bonds is 6. The van der Waals surface area contributed by atoms with Gasteiger partial charge in [-0.25, -0.2) is 4.39 Å². The standard InChI is InChI=1S/C15H19BrFNO/c16-11-8-12(17)10-14(9-11)19-15(4-1-5-15)6-7-18-13-2-3-13/h8-10,13,18H,1-7H2. The first-order valence-corrected chi connectivity index (χ1v) is 7.83. The monoisotopic (exact) mass is 327 g/mol. The first-order chi connectivity index (χ1) is 9.15. The van der Waals surface area contributed by atoms with Crippen molar-refractivity contribution in [2.24, 2.45) is 0 Å². The molecule has 0 aromatic heterocycles. The lowest BCUT2D eigenvalue weighted by Gasteiger charge is -2.42. The van der Waals surface area contributed by atoms with E-state index < -0.39 is 0 Å². The van der Waals surface area contributed by atoms with Crippen molar-refractivity contribution in [2.45, 2.75) is 50.2 Å². The second-order valence-corrected chi connectivity index (χ2v) is 6.64. The molecule has 104 valence electrons. The minimum atomic E-state index is -0.255. The molecule has 0 heterocycles. The first-order valence-electron chi connectivity index (χ1n) is 7.04. The van der Waals surface area contributed by atoms with Gasteiger partial charge in [-0.05, 0) is 57.2 Å². The molecule has 0 atom stereocenters. The van der Waals surface area contributed by atoms with Gasteiger partial charge in [0.25, 0.3) is 0 Å². The molecule has 0 amide bonds. The largest absolute Gasteiger partial charge is 0.487 e. The summed E-state index contributed by atoms with van der Waals surface area (Å²) in [4.78, 5) is 0. The van der Waals surface area contributed by atoms with Gasteiger partial charge in [0.15, 0.2) is 0 Å². The van der Waals surface area contributed by atoms with Crippen molar-refractivity contribution in [1.82, 2.24) is 5.32 Å². The molecule has 19 heavy (non-hydrogen) atoms. The number of nitrogens with one attached hydrogen (secondary N) is 1. The smallest absolute Gasteiger partial charge is 0.128 e. The molecule has 0 unspecified atom stereocenters. The van der Waals surface area contributed by atoms with Crippen LogP contribution in [0.3, 0.4) is 0 Å². The normalized spacial score (nSPS) is 20.9. The van der Waals surface area contributed by atoms with Crippen LogP contribution in [0.5, 0.6) is 5.75 Å². The Bertz CT molecular complexity index is 437. The molecule has 1 aromatic carbocycles. The number of hydrogen-bond donors (Lipinski definition) is 1. The Balaban J connectivity index is 1.60. The summed E-state index contributed by atoms with van der Waals surface area (Å²) in [6.45, 7) is 1.00. The molecule has 1 N–H and O–H groups in total. The van der Waals surface area contributed by atoms with Crippen LogP contribution in [0.1, 0.15) is 38.5 Å². The Morgan fingerprint density at radius 3 is 2.68 bits per heavy atom. The van der Waals surface area contributed by atoms with Crippen molar-refractivity contribution in [2.75, 3.05) is 6.54 Å². The fraction of sp³-hybridized carbons (Fsp3) is 0.600. The van der Waals surface area contributed by atoms with E-state index in [2.05, 4.69) is 21.2 Å². The van der Waals surface area contributed by atoms with Crippen molar-refractivity contribution < 1.29 is 9.13 Å². The van der Waals surface area contributed by atoms with Gasteiger partial charge in [0, 0.05) is 16.6 Å². The van der Waals surface area contributed by atoms with Gasteiger partial charge in [-0.2, -0.15) is 0 Å². The van der Waals surface area contributed by atoms with E-state index in [0.29, 0.717) is 5.75 Å². The van der Waals surface area contributed by atoms with Crippen LogP contribution in [-0.2, 0) is 0 Å². The van der Waals surface area contributed by atoms with Crippen LogP contribution >= 0.6 is 15.9 Å². The van der Waals surface area contributed by atoms with E-state index in [0.717, 1.165) is 36.3 Å². The molecule has 0 radical (unpaired) electrons. The van der Waals surface area contributed by atoms with Gasteiger partial charge >= 0.3 is 0 Å². The summed E-state index contributed by atoms with van der Waals surface area (Å²) in [5.41, 5.74) is -0.0743. The zero-order valence-electron chi connectivity index (χ0n) is 10.9. The Morgan fingerprint density at radius 2 is 2.11 bits per heavy atom. The summed E-state index contributed by atoms with van der Waals surface area (Å²) >= 11 is 3.31. The van der Waals surface area contributed by atoms with Crippen molar-refractivity contribution >= 4 is 15.9 Å². The molecule has 1 aromatic rings. The number of benzene rings is 1. The summed E-state index contributed by atoms with van der Waals surface area (Å²) in [5, 5.41) is 3.53. The maximum absolute atomic E-state index is 13.4. The van der Waals surface area contributed by atoms with Gasteiger partial charge < -0.3 is 10.1 Å². The van der Waals surface area contributed by atoms with Crippen LogP contribution in [0.25, 0.3) is 0 Å². The highest BCUT2D eigenvalue weighted by Crippen LogP contribution is 2.40. The molecule has 2 aliphatic carbocycles. The molecule has 2 aliphatic rings. The van der Waals surface area contributed by atoms with Gasteiger partial charge in [0.1, 0.15) is 17.2 Å². The molecular formula is C15H19BrFNO. The van der Waals surface area contributed by atoms with Crippen LogP contribution in [0.2, 0.25) is 0 Å². The molecule has 0 spiro atoms. The summed E-state index contributed by atoms with van der Waals surface area (Å²) in [6, 6.07) is 5.51.